The highest BCUT2D eigenvalue weighted by atomic mass is 15.1. The lowest BCUT2D eigenvalue weighted by molar-refractivity contribution is 1.06. The summed E-state index contributed by atoms with van der Waals surface area (Å²) >= 11 is 0. The molecule has 0 bridgehead atoms. The van der Waals surface area contributed by atoms with Gasteiger partial charge in [-0.25, -0.2) is 19.9 Å². The zero-order valence-corrected chi connectivity index (χ0v) is 32.2. The molecule has 0 aliphatic rings. The highest BCUT2D eigenvalue weighted by molar-refractivity contribution is 6.24. The topological polar surface area (TPSA) is 61.4 Å². The van der Waals surface area contributed by atoms with Crippen molar-refractivity contribution in [2.24, 2.45) is 0 Å². The van der Waals surface area contributed by atoms with Crippen LogP contribution in [-0.4, -0.2) is 29.1 Å². The van der Waals surface area contributed by atoms with E-state index in [9.17, 15) is 0 Å². The summed E-state index contributed by atoms with van der Waals surface area (Å²) in [5.74, 6) is 1.53. The van der Waals surface area contributed by atoms with E-state index in [-0.39, 0.29) is 0 Å². The van der Waals surface area contributed by atoms with Crippen molar-refractivity contribution in [2.45, 2.75) is 0 Å². The van der Waals surface area contributed by atoms with Gasteiger partial charge in [-0.2, -0.15) is 0 Å². The van der Waals surface area contributed by atoms with Crippen molar-refractivity contribution in [3.63, 3.8) is 0 Å². The first-order valence-electron chi connectivity index (χ1n) is 20.2. The molecule has 0 aliphatic heterocycles. The SMILES string of the molecule is c1ccc2c(-c3nc4ccccc4nc3-n3c4ccccc4c4ccc5c6ccccc6n(-c6nc7ccccc7nc6-c6cccc7ccccc67)c5c43)cccc2c1. The van der Waals surface area contributed by atoms with Gasteiger partial charge in [0.05, 0.1) is 44.1 Å². The first-order valence-corrected chi connectivity index (χ1v) is 20.2. The molecular weight excluding hydrogens is 733 g/mol. The van der Waals surface area contributed by atoms with Crippen LogP contribution in [0.4, 0.5) is 0 Å². The first-order chi connectivity index (χ1) is 29.8. The Kier molecular flexibility index (Phi) is 6.91. The van der Waals surface area contributed by atoms with Gasteiger partial charge in [0.2, 0.25) is 0 Å². The van der Waals surface area contributed by atoms with E-state index in [1.54, 1.807) is 0 Å². The van der Waals surface area contributed by atoms with Gasteiger partial charge in [0.1, 0.15) is 11.4 Å². The van der Waals surface area contributed by atoms with Crippen LogP contribution in [0.3, 0.4) is 0 Å². The molecule has 6 heteroatoms. The molecule has 0 saturated heterocycles. The molecule has 13 aromatic rings. The van der Waals surface area contributed by atoms with Crippen LogP contribution in [0.25, 0.3) is 121 Å². The normalized spacial score (nSPS) is 12.0. The molecular formula is C54H32N6. The maximum atomic E-state index is 5.57. The van der Waals surface area contributed by atoms with Gasteiger partial charge in [-0.05, 0) is 57.9 Å². The van der Waals surface area contributed by atoms with E-state index in [1.807, 2.05) is 24.3 Å². The van der Waals surface area contributed by atoms with Crippen molar-refractivity contribution in [3.05, 3.63) is 194 Å². The minimum atomic E-state index is 0.763. The smallest absolute Gasteiger partial charge is 0.165 e. The number of hydrogen-bond donors (Lipinski definition) is 0. The number of para-hydroxylation sites is 6. The summed E-state index contributed by atoms with van der Waals surface area (Å²) in [7, 11) is 0. The molecule has 0 spiro atoms. The van der Waals surface area contributed by atoms with Crippen LogP contribution in [-0.2, 0) is 0 Å². The van der Waals surface area contributed by atoms with Crippen LogP contribution in [0.15, 0.2) is 194 Å². The standard InChI is InChI=1S/C54H32N6/c1-3-19-35-33(15-1)17-13-23-39(35)49-53(57-45-27-9-7-25-43(45)55-49)59-47-29-11-5-21-37(47)41-31-32-42-38-22-6-12-30-48(38)60(52(42)51(41)59)54-50(56-44-26-8-10-28-46(44)58-54)40-24-14-18-34-16-2-4-20-36(34)40/h1-32H. The van der Waals surface area contributed by atoms with Crippen molar-refractivity contribution < 1.29 is 0 Å². The summed E-state index contributed by atoms with van der Waals surface area (Å²) in [5, 5.41) is 9.03. The van der Waals surface area contributed by atoms with Crippen LogP contribution in [0, 0.1) is 0 Å². The second kappa shape index (κ2) is 12.6. The van der Waals surface area contributed by atoms with Gasteiger partial charge in [-0.3, -0.25) is 9.13 Å². The maximum Gasteiger partial charge on any atom is 0.165 e. The van der Waals surface area contributed by atoms with Crippen LogP contribution in [0.2, 0.25) is 0 Å². The third-order valence-corrected chi connectivity index (χ3v) is 12.1. The van der Waals surface area contributed by atoms with Gasteiger partial charge in [0.15, 0.2) is 11.6 Å². The molecule has 0 unspecified atom stereocenters. The quantitative estimate of drug-likeness (QED) is 0.179. The van der Waals surface area contributed by atoms with E-state index in [2.05, 4.69) is 179 Å². The number of hydrogen-bond acceptors (Lipinski definition) is 4. The molecule has 0 aliphatic carbocycles. The van der Waals surface area contributed by atoms with Crippen LogP contribution < -0.4 is 0 Å². The van der Waals surface area contributed by atoms with Crippen molar-refractivity contribution in [1.82, 2.24) is 29.1 Å². The molecule has 0 atom stereocenters. The fourth-order valence-corrected chi connectivity index (χ4v) is 9.46. The highest BCUT2D eigenvalue weighted by Gasteiger charge is 2.27. The molecule has 0 fully saturated rings. The largest absolute Gasteiger partial charge is 0.290 e. The summed E-state index contributed by atoms with van der Waals surface area (Å²) in [4.78, 5) is 22.1. The lowest BCUT2D eigenvalue weighted by atomic mass is 10.0. The fraction of sp³-hybridized carbons (Fsp3) is 0. The molecule has 0 N–H and O–H groups in total. The molecule has 13 rings (SSSR count). The second-order valence-electron chi connectivity index (χ2n) is 15.4. The van der Waals surface area contributed by atoms with Crippen LogP contribution in [0.5, 0.6) is 0 Å². The summed E-state index contributed by atoms with van der Waals surface area (Å²) in [6, 6.07) is 68.2. The van der Waals surface area contributed by atoms with E-state index in [0.29, 0.717) is 0 Å². The number of benzene rings is 9. The van der Waals surface area contributed by atoms with Crippen molar-refractivity contribution in [3.8, 4) is 34.2 Å². The Hall–Kier alpha value is -8.22. The Balaban J connectivity index is 1.25. The molecule has 4 aromatic heterocycles. The summed E-state index contributed by atoms with van der Waals surface area (Å²) in [6.07, 6.45) is 0. The monoisotopic (exact) mass is 764 g/mol. The zero-order chi connectivity index (χ0) is 39.3. The van der Waals surface area contributed by atoms with E-state index >= 15 is 0 Å². The number of rotatable bonds is 4. The van der Waals surface area contributed by atoms with E-state index in [1.165, 1.54) is 0 Å². The number of aromatic nitrogens is 6. The molecule has 0 radical (unpaired) electrons. The van der Waals surface area contributed by atoms with Gasteiger partial charge >= 0.3 is 0 Å². The Bertz CT molecular complexity index is 3650. The first kappa shape index (κ1) is 32.8. The fourth-order valence-electron chi connectivity index (χ4n) is 9.46. The number of nitrogens with zero attached hydrogens (tertiary/aromatic N) is 6. The molecule has 278 valence electrons. The van der Waals surface area contributed by atoms with Crippen molar-refractivity contribution >= 4 is 87.2 Å². The summed E-state index contributed by atoms with van der Waals surface area (Å²) < 4.78 is 4.70. The second-order valence-corrected chi connectivity index (χ2v) is 15.4. The molecule has 6 nitrogen and oxygen atoms in total. The van der Waals surface area contributed by atoms with E-state index in [0.717, 1.165) is 121 Å². The van der Waals surface area contributed by atoms with Gasteiger partial charge in [-0.15, -0.1) is 0 Å². The van der Waals surface area contributed by atoms with Gasteiger partial charge in [0, 0.05) is 32.7 Å². The van der Waals surface area contributed by atoms with Gasteiger partial charge in [-0.1, -0.05) is 158 Å². The Morgan fingerprint density at radius 2 is 0.617 bits per heavy atom. The molecule has 0 saturated carbocycles. The van der Waals surface area contributed by atoms with Crippen molar-refractivity contribution in [2.75, 3.05) is 0 Å². The van der Waals surface area contributed by atoms with Crippen molar-refractivity contribution in [1.29, 1.82) is 0 Å². The molecule has 0 amide bonds. The Labute approximate surface area is 343 Å². The number of fused-ring (bicyclic) bond motifs is 11. The van der Waals surface area contributed by atoms with Gasteiger partial charge < -0.3 is 0 Å². The lowest BCUT2D eigenvalue weighted by Crippen LogP contribution is -2.07. The predicted octanol–water partition coefficient (Wildman–Crippen LogP) is 13.4. The predicted molar refractivity (Wildman–Crippen MR) is 247 cm³/mol. The third kappa shape index (κ3) is 4.70. The summed E-state index contributed by atoms with van der Waals surface area (Å²) in [6.45, 7) is 0. The Morgan fingerprint density at radius 3 is 1.07 bits per heavy atom. The zero-order valence-electron chi connectivity index (χ0n) is 32.2. The maximum absolute atomic E-state index is 5.57. The minimum absolute atomic E-state index is 0.763. The highest BCUT2D eigenvalue weighted by Crippen LogP contribution is 2.45. The molecule has 4 heterocycles. The third-order valence-electron chi connectivity index (χ3n) is 12.1. The average Bonchev–Trinajstić information content (AvgIpc) is 3.83. The molecule has 60 heavy (non-hydrogen) atoms. The lowest BCUT2D eigenvalue weighted by Gasteiger charge is -2.17. The minimum Gasteiger partial charge on any atom is -0.290 e. The van der Waals surface area contributed by atoms with Gasteiger partial charge in [0.25, 0.3) is 0 Å². The van der Waals surface area contributed by atoms with Crippen LogP contribution >= 0.6 is 0 Å². The molecule has 9 aromatic carbocycles. The summed E-state index contributed by atoms with van der Waals surface area (Å²) in [5.41, 5.74) is 11.2. The van der Waals surface area contributed by atoms with E-state index < -0.39 is 0 Å². The average molecular weight is 765 g/mol. The Morgan fingerprint density at radius 1 is 0.267 bits per heavy atom. The van der Waals surface area contributed by atoms with Crippen LogP contribution in [0.1, 0.15) is 0 Å². The van der Waals surface area contributed by atoms with E-state index in [4.69, 9.17) is 19.9 Å².